The molecule has 0 aliphatic heterocycles. The summed E-state index contributed by atoms with van der Waals surface area (Å²) in [6, 6.07) is 17.5. The Morgan fingerprint density at radius 1 is 1.05 bits per heavy atom. The number of nitrogens with zero attached hydrogens (tertiary/aromatic N) is 3. The Hall–Kier alpha value is -3.19. The largest absolute Gasteiger partial charge is 0.385 e. The van der Waals surface area contributed by atoms with Crippen LogP contribution in [0.4, 0.5) is 0 Å². The fraction of sp³-hybridized carbons (Fsp3) is 0.276. The van der Waals surface area contributed by atoms with Crippen LogP contribution in [0.1, 0.15) is 46.7 Å². The van der Waals surface area contributed by atoms with Crippen LogP contribution in [0.25, 0.3) is 16.6 Å². The summed E-state index contributed by atoms with van der Waals surface area (Å²) in [7, 11) is 1.62. The lowest BCUT2D eigenvalue weighted by Gasteiger charge is -2.31. The van der Waals surface area contributed by atoms with Crippen LogP contribution in [0.2, 0.25) is 10.0 Å². The van der Waals surface area contributed by atoms with Crippen LogP contribution in [0.5, 0.6) is 0 Å². The number of benzene rings is 3. The molecule has 1 atom stereocenters. The average Bonchev–Trinajstić information content (AvgIpc) is 2.88. The number of rotatable bonds is 8. The molecule has 0 aliphatic carbocycles. The lowest BCUT2D eigenvalue weighted by molar-refractivity contribution is 0.0657. The highest BCUT2D eigenvalue weighted by molar-refractivity contribution is 6.42. The third kappa shape index (κ3) is 5.57. The Kier molecular flexibility index (Phi) is 8.32. The highest BCUT2D eigenvalue weighted by Crippen LogP contribution is 2.28. The van der Waals surface area contributed by atoms with Gasteiger partial charge < -0.3 is 9.64 Å². The van der Waals surface area contributed by atoms with Crippen molar-refractivity contribution in [2.24, 2.45) is 0 Å². The van der Waals surface area contributed by atoms with Gasteiger partial charge >= 0.3 is 0 Å². The van der Waals surface area contributed by atoms with Crippen molar-refractivity contribution in [1.29, 1.82) is 0 Å². The maximum absolute atomic E-state index is 13.9. The smallest absolute Gasteiger partial charge is 0.266 e. The zero-order valence-corrected chi connectivity index (χ0v) is 22.8. The number of ether oxygens (including phenoxy) is 1. The molecular formula is C29H29Cl2N3O3. The van der Waals surface area contributed by atoms with Gasteiger partial charge in [-0.3, -0.25) is 14.2 Å². The molecule has 37 heavy (non-hydrogen) atoms. The quantitative estimate of drug-likeness (QED) is 0.239. The van der Waals surface area contributed by atoms with Crippen LogP contribution < -0.4 is 5.56 Å². The zero-order valence-electron chi connectivity index (χ0n) is 21.3. The second-order valence-corrected chi connectivity index (χ2v) is 9.88. The molecule has 6 nitrogen and oxygen atoms in total. The van der Waals surface area contributed by atoms with Gasteiger partial charge in [0.2, 0.25) is 0 Å². The van der Waals surface area contributed by atoms with Gasteiger partial charge in [-0.15, -0.1) is 0 Å². The number of methoxy groups -OCH3 is 1. The molecule has 0 spiro atoms. The number of aryl methyl sites for hydroxylation is 2. The van der Waals surface area contributed by atoms with Gasteiger partial charge in [0.05, 0.1) is 32.7 Å². The SMILES string of the molecule is COCCCN(C(=O)c1ccc(Cl)c(Cl)c1)C(C)c1nc2ccccc2c(=O)n1-c1ccc(C)cc1C. The topological polar surface area (TPSA) is 64.4 Å². The van der Waals surface area contributed by atoms with Crippen molar-refractivity contribution < 1.29 is 9.53 Å². The predicted octanol–water partition coefficient (Wildman–Crippen LogP) is 6.55. The summed E-state index contributed by atoms with van der Waals surface area (Å²) in [4.78, 5) is 34.3. The molecule has 1 unspecified atom stereocenters. The van der Waals surface area contributed by atoms with E-state index in [1.807, 2.05) is 57.2 Å². The van der Waals surface area contributed by atoms with E-state index in [0.29, 0.717) is 51.9 Å². The minimum Gasteiger partial charge on any atom is -0.385 e. The highest BCUT2D eigenvalue weighted by atomic mass is 35.5. The summed E-state index contributed by atoms with van der Waals surface area (Å²) < 4.78 is 6.88. The van der Waals surface area contributed by atoms with Gasteiger partial charge in [0, 0.05) is 25.8 Å². The molecule has 0 saturated carbocycles. The molecule has 4 aromatic rings. The van der Waals surface area contributed by atoms with Crippen molar-refractivity contribution in [2.75, 3.05) is 20.3 Å². The van der Waals surface area contributed by atoms with Crippen LogP contribution in [0.3, 0.4) is 0 Å². The summed E-state index contributed by atoms with van der Waals surface area (Å²) in [6.45, 7) is 6.74. The van der Waals surface area contributed by atoms with Crippen molar-refractivity contribution in [3.8, 4) is 5.69 Å². The van der Waals surface area contributed by atoms with Crippen molar-refractivity contribution in [3.05, 3.63) is 104 Å². The third-order valence-corrected chi connectivity index (χ3v) is 7.15. The zero-order chi connectivity index (χ0) is 26.7. The first-order valence-corrected chi connectivity index (χ1v) is 12.8. The van der Waals surface area contributed by atoms with Crippen molar-refractivity contribution in [2.45, 2.75) is 33.2 Å². The average molecular weight is 538 g/mol. The van der Waals surface area contributed by atoms with E-state index in [1.165, 1.54) is 0 Å². The van der Waals surface area contributed by atoms with Crippen LogP contribution >= 0.6 is 23.2 Å². The minimum absolute atomic E-state index is 0.182. The molecule has 0 bridgehead atoms. The first kappa shape index (κ1) is 26.9. The minimum atomic E-state index is -0.545. The van der Waals surface area contributed by atoms with E-state index in [9.17, 15) is 9.59 Å². The van der Waals surface area contributed by atoms with E-state index < -0.39 is 6.04 Å². The predicted molar refractivity (Wildman–Crippen MR) is 149 cm³/mol. The number of aromatic nitrogens is 2. The maximum Gasteiger partial charge on any atom is 0.266 e. The normalized spacial score (nSPS) is 12.1. The lowest BCUT2D eigenvalue weighted by Crippen LogP contribution is -2.38. The summed E-state index contributed by atoms with van der Waals surface area (Å²) in [5.41, 5.74) is 3.56. The molecule has 0 saturated heterocycles. The summed E-state index contributed by atoms with van der Waals surface area (Å²) in [5, 5.41) is 1.19. The number of amides is 1. The van der Waals surface area contributed by atoms with E-state index in [0.717, 1.165) is 16.8 Å². The first-order valence-electron chi connectivity index (χ1n) is 12.1. The molecule has 0 radical (unpaired) electrons. The number of carbonyl (C=O) groups excluding carboxylic acids is 1. The molecule has 1 amide bonds. The fourth-order valence-electron chi connectivity index (χ4n) is 4.50. The first-order chi connectivity index (χ1) is 17.7. The van der Waals surface area contributed by atoms with Gasteiger partial charge in [-0.25, -0.2) is 4.98 Å². The summed E-state index contributed by atoms with van der Waals surface area (Å²) in [5.74, 6) is 0.234. The molecular weight excluding hydrogens is 509 g/mol. The number of hydrogen-bond donors (Lipinski definition) is 0. The number of halogens is 2. The standard InChI is InChI=1S/C29H29Cl2N3O3/c1-18-10-13-26(19(2)16-18)34-27(32-25-9-6-5-8-22(25)29(34)36)20(3)33(14-7-15-37-4)28(35)21-11-12-23(30)24(31)17-21/h5-6,8-13,16-17,20H,7,14-15H2,1-4H3. The van der Waals surface area contributed by atoms with E-state index in [1.54, 1.807) is 40.8 Å². The molecule has 0 aliphatic rings. The van der Waals surface area contributed by atoms with Gasteiger partial charge in [-0.2, -0.15) is 0 Å². The molecule has 8 heteroatoms. The van der Waals surface area contributed by atoms with Crippen LogP contribution in [0, 0.1) is 13.8 Å². The second kappa shape index (κ2) is 11.5. The van der Waals surface area contributed by atoms with Crippen LogP contribution in [0.15, 0.2) is 65.5 Å². The van der Waals surface area contributed by atoms with Crippen LogP contribution in [-0.4, -0.2) is 40.6 Å². The van der Waals surface area contributed by atoms with Crippen molar-refractivity contribution >= 4 is 40.0 Å². The molecule has 3 aromatic carbocycles. The van der Waals surface area contributed by atoms with Crippen LogP contribution in [-0.2, 0) is 4.74 Å². The molecule has 1 heterocycles. The number of hydrogen-bond acceptors (Lipinski definition) is 4. The van der Waals surface area contributed by atoms with E-state index >= 15 is 0 Å². The van der Waals surface area contributed by atoms with Gasteiger partial charge in [0.25, 0.3) is 11.5 Å². The monoisotopic (exact) mass is 537 g/mol. The van der Waals surface area contributed by atoms with Gasteiger partial charge in [0.15, 0.2) is 0 Å². The van der Waals surface area contributed by atoms with Gasteiger partial charge in [-0.1, -0.05) is 53.0 Å². The number of para-hydroxylation sites is 1. The maximum atomic E-state index is 13.9. The van der Waals surface area contributed by atoms with E-state index in [2.05, 4.69) is 0 Å². The molecule has 0 fully saturated rings. The molecule has 192 valence electrons. The van der Waals surface area contributed by atoms with Crippen molar-refractivity contribution in [1.82, 2.24) is 14.5 Å². The van der Waals surface area contributed by atoms with E-state index in [4.69, 9.17) is 32.9 Å². The Morgan fingerprint density at radius 3 is 2.51 bits per heavy atom. The fourth-order valence-corrected chi connectivity index (χ4v) is 4.80. The Labute approximate surface area is 226 Å². The van der Waals surface area contributed by atoms with Crippen molar-refractivity contribution in [3.63, 3.8) is 0 Å². The van der Waals surface area contributed by atoms with Gasteiger partial charge in [0.1, 0.15) is 5.82 Å². The molecule has 4 rings (SSSR count). The summed E-state index contributed by atoms with van der Waals surface area (Å²) in [6.07, 6.45) is 0.606. The highest BCUT2D eigenvalue weighted by Gasteiger charge is 2.28. The Morgan fingerprint density at radius 2 is 1.81 bits per heavy atom. The third-order valence-electron chi connectivity index (χ3n) is 6.41. The number of carbonyl (C=O) groups is 1. The second-order valence-electron chi connectivity index (χ2n) is 9.07. The van der Waals surface area contributed by atoms with Gasteiger partial charge in [-0.05, 0) is 69.2 Å². The lowest BCUT2D eigenvalue weighted by atomic mass is 10.1. The molecule has 0 N–H and O–H groups in total. The Balaban J connectivity index is 1.91. The van der Waals surface area contributed by atoms with E-state index in [-0.39, 0.29) is 11.5 Å². The molecule has 1 aromatic heterocycles. The number of fused-ring (bicyclic) bond motifs is 1. The Bertz CT molecular complexity index is 1520. The summed E-state index contributed by atoms with van der Waals surface area (Å²) >= 11 is 12.3.